The van der Waals surface area contributed by atoms with E-state index in [-0.39, 0.29) is 21.8 Å². The van der Waals surface area contributed by atoms with Gasteiger partial charge < -0.3 is 5.32 Å². The second-order valence-electron chi connectivity index (χ2n) is 4.14. The van der Waals surface area contributed by atoms with Crippen molar-refractivity contribution in [3.8, 4) is 0 Å². The SMILES string of the molecule is O=C(NCC1CCSCC1)c1cc(Cl)nnc1Cl. The van der Waals surface area contributed by atoms with Crippen molar-refractivity contribution >= 4 is 40.9 Å². The zero-order valence-electron chi connectivity index (χ0n) is 9.66. The summed E-state index contributed by atoms with van der Waals surface area (Å²) < 4.78 is 0. The van der Waals surface area contributed by atoms with Crippen LogP contribution in [0.5, 0.6) is 0 Å². The first-order valence-corrected chi connectivity index (χ1v) is 7.62. The molecule has 1 aliphatic heterocycles. The highest BCUT2D eigenvalue weighted by Gasteiger charge is 2.17. The van der Waals surface area contributed by atoms with Gasteiger partial charge in [-0.05, 0) is 36.3 Å². The molecule has 0 spiro atoms. The maximum Gasteiger partial charge on any atom is 0.254 e. The van der Waals surface area contributed by atoms with Gasteiger partial charge in [-0.1, -0.05) is 23.2 Å². The number of nitrogens with one attached hydrogen (secondary N) is 1. The largest absolute Gasteiger partial charge is 0.352 e. The zero-order chi connectivity index (χ0) is 13.0. The highest BCUT2D eigenvalue weighted by molar-refractivity contribution is 7.99. The minimum atomic E-state index is -0.241. The molecule has 0 bridgehead atoms. The van der Waals surface area contributed by atoms with Crippen LogP contribution in [0.2, 0.25) is 10.3 Å². The Morgan fingerprint density at radius 2 is 2.11 bits per heavy atom. The molecule has 0 saturated carbocycles. The second-order valence-corrected chi connectivity index (χ2v) is 6.11. The summed E-state index contributed by atoms with van der Waals surface area (Å²) in [5, 5.41) is 10.3. The van der Waals surface area contributed by atoms with E-state index in [0.717, 1.165) is 12.8 Å². The highest BCUT2D eigenvalue weighted by Crippen LogP contribution is 2.22. The monoisotopic (exact) mass is 305 g/mol. The summed E-state index contributed by atoms with van der Waals surface area (Å²) in [6.07, 6.45) is 2.29. The number of hydrogen-bond donors (Lipinski definition) is 1. The Labute approximate surface area is 120 Å². The van der Waals surface area contributed by atoms with Gasteiger partial charge in [-0.2, -0.15) is 11.8 Å². The maximum absolute atomic E-state index is 11.9. The Bertz CT molecular complexity index is 438. The third-order valence-corrected chi connectivity index (χ3v) is 4.37. The van der Waals surface area contributed by atoms with Gasteiger partial charge in [0.15, 0.2) is 10.3 Å². The van der Waals surface area contributed by atoms with Crippen molar-refractivity contribution in [3.05, 3.63) is 21.9 Å². The predicted molar refractivity (Wildman–Crippen MR) is 74.4 cm³/mol. The molecule has 2 heterocycles. The standard InChI is InChI=1S/C11H13Cl2N3OS/c12-9-5-8(10(13)16-15-9)11(17)14-6-7-1-3-18-4-2-7/h5,7H,1-4,6H2,(H,14,17). The number of carbonyl (C=O) groups excluding carboxylic acids is 1. The Hall–Kier alpha value is -0.520. The number of carbonyl (C=O) groups is 1. The van der Waals surface area contributed by atoms with Crippen LogP contribution in [0, 0.1) is 5.92 Å². The van der Waals surface area contributed by atoms with Gasteiger partial charge in [0.05, 0.1) is 5.56 Å². The van der Waals surface area contributed by atoms with Crippen LogP contribution in [-0.4, -0.2) is 34.2 Å². The molecule has 7 heteroatoms. The number of amides is 1. The summed E-state index contributed by atoms with van der Waals surface area (Å²) in [5.74, 6) is 2.66. The third kappa shape index (κ3) is 3.73. The molecule has 18 heavy (non-hydrogen) atoms. The van der Waals surface area contributed by atoms with Crippen molar-refractivity contribution in [2.45, 2.75) is 12.8 Å². The Morgan fingerprint density at radius 1 is 1.39 bits per heavy atom. The van der Waals surface area contributed by atoms with Crippen molar-refractivity contribution in [3.63, 3.8) is 0 Å². The first kappa shape index (κ1) is 13.9. The second kappa shape index (κ2) is 6.59. The molecule has 1 N–H and O–H groups in total. The summed E-state index contributed by atoms with van der Waals surface area (Å²) in [7, 11) is 0. The van der Waals surface area contributed by atoms with Crippen LogP contribution in [0.15, 0.2) is 6.07 Å². The third-order valence-electron chi connectivity index (χ3n) is 2.86. The lowest BCUT2D eigenvalue weighted by atomic mass is 10.0. The number of rotatable bonds is 3. The number of hydrogen-bond acceptors (Lipinski definition) is 4. The van der Waals surface area contributed by atoms with E-state index >= 15 is 0 Å². The van der Waals surface area contributed by atoms with E-state index in [1.165, 1.54) is 17.6 Å². The molecule has 1 amide bonds. The highest BCUT2D eigenvalue weighted by atomic mass is 35.5. The lowest BCUT2D eigenvalue weighted by Gasteiger charge is -2.21. The first-order valence-electron chi connectivity index (χ1n) is 5.71. The van der Waals surface area contributed by atoms with E-state index in [1.807, 2.05) is 11.8 Å². The van der Waals surface area contributed by atoms with Gasteiger partial charge >= 0.3 is 0 Å². The quantitative estimate of drug-likeness (QED) is 0.933. The van der Waals surface area contributed by atoms with E-state index < -0.39 is 0 Å². The van der Waals surface area contributed by atoms with Gasteiger partial charge in [0, 0.05) is 6.54 Å². The van der Waals surface area contributed by atoms with Crippen molar-refractivity contribution in [1.82, 2.24) is 15.5 Å². The molecule has 2 rings (SSSR count). The Kier molecular flexibility index (Phi) is 5.09. The van der Waals surface area contributed by atoms with Crippen LogP contribution in [-0.2, 0) is 0 Å². The molecule has 0 radical (unpaired) electrons. The van der Waals surface area contributed by atoms with E-state index in [1.54, 1.807) is 0 Å². The molecular formula is C11H13Cl2N3OS. The number of halogens is 2. The molecule has 1 fully saturated rings. The first-order chi connectivity index (χ1) is 8.66. The number of nitrogens with zero attached hydrogens (tertiary/aromatic N) is 2. The summed E-state index contributed by atoms with van der Waals surface area (Å²) in [6, 6.07) is 1.43. The van der Waals surface area contributed by atoms with Crippen molar-refractivity contribution < 1.29 is 4.79 Å². The Morgan fingerprint density at radius 3 is 2.83 bits per heavy atom. The van der Waals surface area contributed by atoms with Crippen LogP contribution in [0.25, 0.3) is 0 Å². The van der Waals surface area contributed by atoms with Crippen molar-refractivity contribution in [1.29, 1.82) is 0 Å². The fourth-order valence-electron chi connectivity index (χ4n) is 1.80. The smallest absolute Gasteiger partial charge is 0.254 e. The summed E-state index contributed by atoms with van der Waals surface area (Å²) in [5.41, 5.74) is 0.279. The molecule has 0 unspecified atom stereocenters. The van der Waals surface area contributed by atoms with E-state index in [0.29, 0.717) is 12.5 Å². The van der Waals surface area contributed by atoms with Crippen molar-refractivity contribution in [2.24, 2.45) is 5.92 Å². The van der Waals surface area contributed by atoms with Gasteiger partial charge in [-0.25, -0.2) is 0 Å². The number of thioether (sulfide) groups is 1. The minimum absolute atomic E-state index is 0.0797. The fraction of sp³-hybridized carbons (Fsp3) is 0.545. The molecule has 0 atom stereocenters. The molecular weight excluding hydrogens is 293 g/mol. The molecule has 1 aromatic heterocycles. The average Bonchev–Trinajstić information content (AvgIpc) is 2.40. The molecule has 1 aromatic rings. The van der Waals surface area contributed by atoms with Crippen molar-refractivity contribution in [2.75, 3.05) is 18.1 Å². The molecule has 4 nitrogen and oxygen atoms in total. The van der Waals surface area contributed by atoms with Crippen LogP contribution >= 0.6 is 35.0 Å². The van der Waals surface area contributed by atoms with Gasteiger partial charge in [0.1, 0.15) is 0 Å². The van der Waals surface area contributed by atoms with Gasteiger partial charge in [-0.3, -0.25) is 4.79 Å². The van der Waals surface area contributed by atoms with Gasteiger partial charge in [0.25, 0.3) is 5.91 Å². The average molecular weight is 306 g/mol. The van der Waals surface area contributed by atoms with Crippen LogP contribution < -0.4 is 5.32 Å². The lowest BCUT2D eigenvalue weighted by Crippen LogP contribution is -2.31. The molecule has 0 aromatic carbocycles. The summed E-state index contributed by atoms with van der Waals surface area (Å²) in [6.45, 7) is 0.676. The predicted octanol–water partition coefficient (Wildman–Crippen LogP) is 2.66. The van der Waals surface area contributed by atoms with Crippen LogP contribution in [0.3, 0.4) is 0 Å². The zero-order valence-corrected chi connectivity index (χ0v) is 12.0. The Balaban J connectivity index is 1.92. The molecule has 0 aliphatic carbocycles. The maximum atomic E-state index is 11.9. The molecule has 98 valence electrons. The van der Waals surface area contributed by atoms with E-state index in [2.05, 4.69) is 15.5 Å². The van der Waals surface area contributed by atoms with Gasteiger partial charge in [-0.15, -0.1) is 10.2 Å². The topological polar surface area (TPSA) is 54.9 Å². The minimum Gasteiger partial charge on any atom is -0.352 e. The normalized spacial score (nSPS) is 16.6. The van der Waals surface area contributed by atoms with E-state index in [9.17, 15) is 4.79 Å². The number of aromatic nitrogens is 2. The lowest BCUT2D eigenvalue weighted by molar-refractivity contribution is 0.0946. The molecule has 1 aliphatic rings. The summed E-state index contributed by atoms with van der Waals surface area (Å²) in [4.78, 5) is 11.9. The van der Waals surface area contributed by atoms with Crippen LogP contribution in [0.4, 0.5) is 0 Å². The van der Waals surface area contributed by atoms with Gasteiger partial charge in [0.2, 0.25) is 0 Å². The fourth-order valence-corrected chi connectivity index (χ4v) is 3.32. The molecule has 1 saturated heterocycles. The summed E-state index contributed by atoms with van der Waals surface area (Å²) >= 11 is 13.5. The van der Waals surface area contributed by atoms with Crippen LogP contribution in [0.1, 0.15) is 23.2 Å². The van der Waals surface area contributed by atoms with E-state index in [4.69, 9.17) is 23.2 Å².